The molecular formula is C20H27BrN4O2. The van der Waals surface area contributed by atoms with Crippen LogP contribution in [-0.4, -0.2) is 59.8 Å². The smallest absolute Gasteiger partial charge is 0.322 e. The Bertz CT molecular complexity index is 743. The molecule has 1 aromatic carbocycles. The van der Waals surface area contributed by atoms with Gasteiger partial charge in [-0.2, -0.15) is 0 Å². The van der Waals surface area contributed by atoms with Crippen molar-refractivity contribution in [2.24, 2.45) is 7.05 Å². The van der Waals surface area contributed by atoms with Crippen LogP contribution in [-0.2, 0) is 18.3 Å². The number of hydrogen-bond donors (Lipinski definition) is 1. The number of nitrogens with one attached hydrogen (secondary N) is 1. The highest BCUT2D eigenvalue weighted by atomic mass is 79.9. The molecular weight excluding hydrogens is 408 g/mol. The number of rotatable bonds is 7. The second kappa shape index (κ2) is 9.92. The maximum absolute atomic E-state index is 12.9. The second-order valence-corrected chi connectivity index (χ2v) is 7.60. The molecule has 1 fully saturated rings. The molecule has 1 aromatic heterocycles. The molecule has 0 atom stereocenters. The maximum Gasteiger partial charge on any atom is 0.322 e. The van der Waals surface area contributed by atoms with E-state index in [1.165, 1.54) is 0 Å². The number of amides is 2. The number of carbonyl (C=O) groups excluding carboxylic acids is 1. The molecule has 0 unspecified atom stereocenters. The maximum atomic E-state index is 12.9. The molecule has 1 N–H and O–H groups in total. The molecule has 1 aliphatic rings. The van der Waals surface area contributed by atoms with Gasteiger partial charge in [0.1, 0.15) is 0 Å². The molecule has 0 radical (unpaired) electrons. The molecule has 2 heterocycles. The third-order valence-corrected chi connectivity index (χ3v) is 5.50. The Balaban J connectivity index is 1.62. The molecule has 0 saturated carbocycles. The quantitative estimate of drug-likeness (QED) is 0.724. The van der Waals surface area contributed by atoms with Gasteiger partial charge in [0.15, 0.2) is 0 Å². The summed E-state index contributed by atoms with van der Waals surface area (Å²) < 4.78 is 8.34. The zero-order valence-electron chi connectivity index (χ0n) is 15.7. The van der Waals surface area contributed by atoms with Gasteiger partial charge >= 0.3 is 6.03 Å². The monoisotopic (exact) mass is 434 g/mol. The number of benzene rings is 1. The van der Waals surface area contributed by atoms with Crippen LogP contribution in [0.1, 0.15) is 12.1 Å². The van der Waals surface area contributed by atoms with E-state index in [0.717, 1.165) is 55.1 Å². The SMILES string of the molecule is Cn1cccc1CN(CCCN1CCOCC1)C(=O)Nc1ccccc1Br. The van der Waals surface area contributed by atoms with Crippen molar-refractivity contribution in [2.45, 2.75) is 13.0 Å². The van der Waals surface area contributed by atoms with Gasteiger partial charge in [-0.3, -0.25) is 4.90 Å². The topological polar surface area (TPSA) is 49.7 Å². The van der Waals surface area contributed by atoms with E-state index >= 15 is 0 Å². The van der Waals surface area contributed by atoms with Crippen LogP contribution in [0, 0.1) is 0 Å². The highest BCUT2D eigenvalue weighted by Gasteiger charge is 2.17. The first kappa shape index (κ1) is 19.9. The van der Waals surface area contributed by atoms with E-state index in [-0.39, 0.29) is 6.03 Å². The van der Waals surface area contributed by atoms with Gasteiger partial charge in [-0.1, -0.05) is 12.1 Å². The zero-order chi connectivity index (χ0) is 19.1. The average molecular weight is 435 g/mol. The summed E-state index contributed by atoms with van der Waals surface area (Å²) in [6.45, 7) is 5.82. The number of urea groups is 1. The fourth-order valence-corrected chi connectivity index (χ4v) is 3.56. The van der Waals surface area contributed by atoms with Gasteiger partial charge in [0.2, 0.25) is 0 Å². The number of halogens is 1. The Labute approximate surface area is 169 Å². The molecule has 7 heteroatoms. The number of carbonyl (C=O) groups is 1. The van der Waals surface area contributed by atoms with Gasteiger partial charge in [-0.25, -0.2) is 4.79 Å². The van der Waals surface area contributed by atoms with Crippen molar-refractivity contribution in [2.75, 3.05) is 44.7 Å². The summed E-state index contributed by atoms with van der Waals surface area (Å²) >= 11 is 3.50. The van der Waals surface area contributed by atoms with Crippen LogP contribution in [0.5, 0.6) is 0 Å². The molecule has 27 heavy (non-hydrogen) atoms. The predicted octanol–water partition coefficient (Wildman–Crippen LogP) is 3.54. The first-order valence-corrected chi connectivity index (χ1v) is 10.1. The van der Waals surface area contributed by atoms with Gasteiger partial charge in [0.05, 0.1) is 25.4 Å². The lowest BCUT2D eigenvalue weighted by Gasteiger charge is -2.28. The molecule has 0 bridgehead atoms. The van der Waals surface area contributed by atoms with Crippen LogP contribution in [0.25, 0.3) is 0 Å². The molecule has 1 aliphatic heterocycles. The lowest BCUT2D eigenvalue weighted by molar-refractivity contribution is 0.0365. The van der Waals surface area contributed by atoms with Crippen LogP contribution in [0.4, 0.5) is 10.5 Å². The molecule has 0 aliphatic carbocycles. The van der Waals surface area contributed by atoms with E-state index in [1.807, 2.05) is 48.5 Å². The minimum absolute atomic E-state index is 0.0786. The first-order chi connectivity index (χ1) is 13.1. The third-order valence-electron chi connectivity index (χ3n) is 4.81. The number of morpholine rings is 1. The Morgan fingerprint density at radius 2 is 2.00 bits per heavy atom. The molecule has 2 aromatic rings. The molecule has 0 spiro atoms. The number of ether oxygens (including phenoxy) is 1. The summed E-state index contributed by atoms with van der Waals surface area (Å²) in [5.41, 5.74) is 1.90. The average Bonchev–Trinajstić information content (AvgIpc) is 3.08. The molecule has 3 rings (SSSR count). The largest absolute Gasteiger partial charge is 0.379 e. The van der Waals surface area contributed by atoms with Crippen LogP contribution in [0.3, 0.4) is 0 Å². The van der Waals surface area contributed by atoms with Gasteiger partial charge in [-0.05, 0) is 46.6 Å². The summed E-state index contributed by atoms with van der Waals surface area (Å²) in [6.07, 6.45) is 2.95. The second-order valence-electron chi connectivity index (χ2n) is 6.75. The van der Waals surface area contributed by atoms with E-state index < -0.39 is 0 Å². The van der Waals surface area contributed by atoms with Crippen LogP contribution >= 0.6 is 15.9 Å². The Hall–Kier alpha value is -1.83. The van der Waals surface area contributed by atoms with Crippen molar-refractivity contribution in [1.29, 1.82) is 0 Å². The first-order valence-electron chi connectivity index (χ1n) is 9.34. The fraction of sp³-hybridized carbons (Fsp3) is 0.450. The van der Waals surface area contributed by atoms with Crippen molar-refractivity contribution in [1.82, 2.24) is 14.4 Å². The highest BCUT2D eigenvalue weighted by Crippen LogP contribution is 2.22. The summed E-state index contributed by atoms with van der Waals surface area (Å²) in [5.74, 6) is 0. The number of nitrogens with zero attached hydrogens (tertiary/aromatic N) is 3. The Morgan fingerprint density at radius 3 is 2.70 bits per heavy atom. The van der Waals surface area contributed by atoms with Crippen LogP contribution < -0.4 is 5.32 Å². The summed E-state index contributed by atoms with van der Waals surface area (Å²) in [6, 6.07) is 11.7. The number of para-hydroxylation sites is 1. The Kier molecular flexibility index (Phi) is 7.32. The summed E-state index contributed by atoms with van der Waals surface area (Å²) in [5, 5.41) is 3.03. The lowest BCUT2D eigenvalue weighted by atomic mass is 10.3. The number of anilines is 1. The standard InChI is InChI=1S/C20H27BrN4O2/c1-23-9-4-6-17(23)16-25(11-5-10-24-12-14-27-15-13-24)20(26)22-19-8-3-2-7-18(19)21/h2-4,6-9H,5,10-16H2,1H3,(H,22,26). The number of hydrogen-bond acceptors (Lipinski definition) is 3. The van der Waals surface area contributed by atoms with Gasteiger partial charge in [-0.15, -0.1) is 0 Å². The molecule has 1 saturated heterocycles. The van der Waals surface area contributed by atoms with E-state index in [2.05, 4.69) is 36.8 Å². The summed E-state index contributed by atoms with van der Waals surface area (Å²) in [4.78, 5) is 17.2. The highest BCUT2D eigenvalue weighted by molar-refractivity contribution is 9.10. The molecule has 146 valence electrons. The van der Waals surface area contributed by atoms with Crippen LogP contribution in [0.2, 0.25) is 0 Å². The molecule has 2 amide bonds. The van der Waals surface area contributed by atoms with Gasteiger partial charge < -0.3 is 19.5 Å². The number of aryl methyl sites for hydroxylation is 1. The van der Waals surface area contributed by atoms with Crippen molar-refractivity contribution in [3.05, 3.63) is 52.8 Å². The van der Waals surface area contributed by atoms with Gasteiger partial charge in [0, 0.05) is 49.6 Å². The van der Waals surface area contributed by atoms with E-state index in [1.54, 1.807) is 0 Å². The minimum Gasteiger partial charge on any atom is -0.379 e. The molecule has 6 nitrogen and oxygen atoms in total. The van der Waals surface area contributed by atoms with Gasteiger partial charge in [0.25, 0.3) is 0 Å². The Morgan fingerprint density at radius 1 is 1.22 bits per heavy atom. The van der Waals surface area contributed by atoms with Crippen LogP contribution in [0.15, 0.2) is 47.1 Å². The number of aromatic nitrogens is 1. The fourth-order valence-electron chi connectivity index (χ4n) is 3.18. The van der Waals surface area contributed by atoms with Crippen molar-refractivity contribution >= 4 is 27.6 Å². The van der Waals surface area contributed by atoms with E-state index in [0.29, 0.717) is 13.1 Å². The van der Waals surface area contributed by atoms with Crippen molar-refractivity contribution < 1.29 is 9.53 Å². The third kappa shape index (κ3) is 5.82. The summed E-state index contributed by atoms with van der Waals surface area (Å²) in [7, 11) is 2.01. The van der Waals surface area contributed by atoms with E-state index in [9.17, 15) is 4.79 Å². The van der Waals surface area contributed by atoms with Crippen molar-refractivity contribution in [3.63, 3.8) is 0 Å². The lowest BCUT2D eigenvalue weighted by Crippen LogP contribution is -2.40. The minimum atomic E-state index is -0.0786. The van der Waals surface area contributed by atoms with E-state index in [4.69, 9.17) is 4.74 Å². The predicted molar refractivity (Wildman–Crippen MR) is 111 cm³/mol. The van der Waals surface area contributed by atoms with Crippen molar-refractivity contribution in [3.8, 4) is 0 Å². The normalized spacial score (nSPS) is 14.9. The zero-order valence-corrected chi connectivity index (χ0v) is 17.3.